The molecule has 0 saturated heterocycles. The largest absolute Gasteiger partial charge is 0.325 e. The van der Waals surface area contributed by atoms with Crippen molar-refractivity contribution in [2.45, 2.75) is 50.6 Å². The van der Waals surface area contributed by atoms with Gasteiger partial charge >= 0.3 is 0 Å². The molecule has 1 saturated carbocycles. The highest BCUT2D eigenvalue weighted by Crippen LogP contribution is 2.27. The van der Waals surface area contributed by atoms with Crippen LogP contribution in [0.4, 0.5) is 5.69 Å². The van der Waals surface area contributed by atoms with Gasteiger partial charge in [0.15, 0.2) is 5.16 Å². The molecule has 0 aliphatic heterocycles. The summed E-state index contributed by atoms with van der Waals surface area (Å²) < 4.78 is 2.02. The Labute approximate surface area is 163 Å². The lowest BCUT2D eigenvalue weighted by molar-refractivity contribution is -0.113. The van der Waals surface area contributed by atoms with Crippen molar-refractivity contribution in [3.8, 4) is 0 Å². The lowest BCUT2D eigenvalue weighted by Gasteiger charge is -2.20. The van der Waals surface area contributed by atoms with Gasteiger partial charge in [-0.1, -0.05) is 61.5 Å². The topological polar surface area (TPSA) is 59.8 Å². The Balaban J connectivity index is 1.54. The maximum absolute atomic E-state index is 12.3. The highest BCUT2D eigenvalue weighted by atomic mass is 35.5. The Morgan fingerprint density at radius 1 is 1.31 bits per heavy atom. The molecule has 140 valence electrons. The zero-order chi connectivity index (χ0) is 18.5. The van der Waals surface area contributed by atoms with Crippen LogP contribution >= 0.6 is 23.4 Å². The number of nitrogens with zero attached hydrogens (tertiary/aromatic N) is 3. The van der Waals surface area contributed by atoms with Gasteiger partial charge < -0.3 is 9.88 Å². The van der Waals surface area contributed by atoms with Crippen LogP contribution in [0.15, 0.2) is 23.4 Å². The second-order valence-corrected chi connectivity index (χ2v) is 8.26. The molecule has 1 aliphatic carbocycles. The number of carbonyl (C=O) groups excluding carboxylic acids is 1. The minimum Gasteiger partial charge on any atom is -0.325 e. The third kappa shape index (κ3) is 4.80. The number of anilines is 1. The summed E-state index contributed by atoms with van der Waals surface area (Å²) in [6, 6.07) is 5.50. The molecule has 26 heavy (non-hydrogen) atoms. The Morgan fingerprint density at radius 2 is 2.08 bits per heavy atom. The summed E-state index contributed by atoms with van der Waals surface area (Å²) in [5.41, 5.74) is 1.62. The third-order valence-electron chi connectivity index (χ3n) is 5.00. The van der Waals surface area contributed by atoms with Crippen molar-refractivity contribution in [3.05, 3.63) is 34.6 Å². The van der Waals surface area contributed by atoms with E-state index in [4.69, 9.17) is 11.6 Å². The molecule has 3 rings (SSSR count). The van der Waals surface area contributed by atoms with Gasteiger partial charge in [-0.3, -0.25) is 4.79 Å². The molecule has 1 amide bonds. The summed E-state index contributed by atoms with van der Waals surface area (Å²) in [7, 11) is 1.99. The van der Waals surface area contributed by atoms with Crippen molar-refractivity contribution in [1.82, 2.24) is 14.8 Å². The SMILES string of the molecule is Cc1c(Cl)cccc1NC(=O)CSc1nnc(CC2CCCCC2)n1C. The zero-order valence-electron chi connectivity index (χ0n) is 15.3. The van der Waals surface area contributed by atoms with Crippen molar-refractivity contribution in [2.24, 2.45) is 13.0 Å². The van der Waals surface area contributed by atoms with E-state index in [0.717, 1.165) is 34.6 Å². The Bertz CT molecular complexity index is 771. The van der Waals surface area contributed by atoms with Crippen molar-refractivity contribution in [1.29, 1.82) is 0 Å². The molecule has 1 aromatic heterocycles. The van der Waals surface area contributed by atoms with Gasteiger partial charge in [-0.25, -0.2) is 0 Å². The van der Waals surface area contributed by atoms with Crippen LogP contribution in [0.3, 0.4) is 0 Å². The monoisotopic (exact) mass is 392 g/mol. The third-order valence-corrected chi connectivity index (χ3v) is 6.42. The van der Waals surface area contributed by atoms with Crippen LogP contribution in [-0.2, 0) is 18.3 Å². The summed E-state index contributed by atoms with van der Waals surface area (Å²) in [5.74, 6) is 1.96. The van der Waals surface area contributed by atoms with E-state index in [1.165, 1.54) is 43.9 Å². The second-order valence-electron chi connectivity index (χ2n) is 6.92. The molecular weight excluding hydrogens is 368 g/mol. The second kappa shape index (κ2) is 8.91. The van der Waals surface area contributed by atoms with Gasteiger partial charge in [0.25, 0.3) is 0 Å². The number of benzene rings is 1. The minimum atomic E-state index is -0.0720. The van der Waals surface area contributed by atoms with Gasteiger partial charge in [-0.05, 0) is 30.5 Å². The van der Waals surface area contributed by atoms with E-state index in [-0.39, 0.29) is 5.91 Å². The summed E-state index contributed by atoms with van der Waals surface area (Å²) in [6.07, 6.45) is 7.57. The van der Waals surface area contributed by atoms with Crippen LogP contribution in [0, 0.1) is 12.8 Å². The van der Waals surface area contributed by atoms with Crippen LogP contribution in [0.5, 0.6) is 0 Å². The number of hydrogen-bond donors (Lipinski definition) is 1. The Hall–Kier alpha value is -1.53. The number of nitrogens with one attached hydrogen (secondary N) is 1. The molecular formula is C19H25ClN4OS. The lowest BCUT2D eigenvalue weighted by atomic mass is 9.87. The molecule has 0 atom stereocenters. The fraction of sp³-hybridized carbons (Fsp3) is 0.526. The standard InChI is InChI=1S/C19H25ClN4OS/c1-13-15(20)9-6-10-16(13)21-18(25)12-26-19-23-22-17(24(19)2)11-14-7-4-3-5-8-14/h6,9-10,14H,3-5,7-8,11-12H2,1-2H3,(H,21,25). The van der Waals surface area contributed by atoms with Gasteiger partial charge in [0.2, 0.25) is 5.91 Å². The van der Waals surface area contributed by atoms with Crippen molar-refractivity contribution < 1.29 is 4.79 Å². The van der Waals surface area contributed by atoms with E-state index >= 15 is 0 Å². The molecule has 1 fully saturated rings. The van der Waals surface area contributed by atoms with Crippen LogP contribution in [-0.4, -0.2) is 26.4 Å². The first kappa shape index (κ1) is 19.2. The predicted molar refractivity (Wildman–Crippen MR) is 107 cm³/mol. The van der Waals surface area contributed by atoms with Gasteiger partial charge in [-0.2, -0.15) is 0 Å². The highest BCUT2D eigenvalue weighted by molar-refractivity contribution is 7.99. The Morgan fingerprint density at radius 3 is 2.85 bits per heavy atom. The number of halogens is 1. The normalized spacial score (nSPS) is 15.2. The average Bonchev–Trinajstić information content (AvgIpc) is 2.98. The van der Waals surface area contributed by atoms with E-state index in [0.29, 0.717) is 10.8 Å². The van der Waals surface area contributed by atoms with Crippen LogP contribution < -0.4 is 5.32 Å². The smallest absolute Gasteiger partial charge is 0.234 e. The lowest BCUT2D eigenvalue weighted by Crippen LogP contribution is -2.15. The van der Waals surface area contributed by atoms with Gasteiger partial charge in [0.05, 0.1) is 5.75 Å². The van der Waals surface area contributed by atoms with Gasteiger partial charge in [-0.15, -0.1) is 10.2 Å². The molecule has 7 heteroatoms. The molecule has 1 aromatic carbocycles. The molecule has 0 unspecified atom stereocenters. The molecule has 1 heterocycles. The van der Waals surface area contributed by atoms with Crippen LogP contribution in [0.1, 0.15) is 43.5 Å². The number of carbonyl (C=O) groups is 1. The van der Waals surface area contributed by atoms with E-state index < -0.39 is 0 Å². The van der Waals surface area contributed by atoms with E-state index in [2.05, 4.69) is 15.5 Å². The summed E-state index contributed by atoms with van der Waals surface area (Å²) in [6.45, 7) is 1.89. The first-order valence-corrected chi connectivity index (χ1v) is 10.5. The Kier molecular flexibility index (Phi) is 6.59. The summed E-state index contributed by atoms with van der Waals surface area (Å²) in [5, 5.41) is 13.0. The zero-order valence-corrected chi connectivity index (χ0v) is 16.9. The summed E-state index contributed by atoms with van der Waals surface area (Å²) >= 11 is 7.51. The average molecular weight is 393 g/mol. The highest BCUT2D eigenvalue weighted by Gasteiger charge is 2.18. The number of aromatic nitrogens is 3. The predicted octanol–water partition coefficient (Wildman–Crippen LogP) is 4.63. The number of hydrogen-bond acceptors (Lipinski definition) is 4. The van der Waals surface area contributed by atoms with E-state index in [1.807, 2.05) is 36.7 Å². The molecule has 1 aliphatic rings. The molecule has 0 radical (unpaired) electrons. The number of amides is 1. The van der Waals surface area contributed by atoms with E-state index in [1.54, 1.807) is 0 Å². The maximum Gasteiger partial charge on any atom is 0.234 e. The number of thioether (sulfide) groups is 1. The first-order valence-electron chi connectivity index (χ1n) is 9.10. The molecule has 0 bridgehead atoms. The van der Waals surface area contributed by atoms with Crippen molar-refractivity contribution in [2.75, 3.05) is 11.1 Å². The minimum absolute atomic E-state index is 0.0720. The quantitative estimate of drug-likeness (QED) is 0.728. The molecule has 5 nitrogen and oxygen atoms in total. The van der Waals surface area contributed by atoms with Crippen molar-refractivity contribution >= 4 is 35.0 Å². The summed E-state index contributed by atoms with van der Waals surface area (Å²) in [4.78, 5) is 12.3. The molecule has 2 aromatic rings. The number of rotatable bonds is 6. The van der Waals surface area contributed by atoms with Crippen molar-refractivity contribution in [3.63, 3.8) is 0 Å². The molecule has 1 N–H and O–H groups in total. The fourth-order valence-corrected chi connectivity index (χ4v) is 4.26. The fourth-order valence-electron chi connectivity index (χ4n) is 3.36. The van der Waals surface area contributed by atoms with Gasteiger partial charge in [0.1, 0.15) is 5.82 Å². The van der Waals surface area contributed by atoms with Gasteiger partial charge in [0, 0.05) is 24.2 Å². The molecule has 0 spiro atoms. The van der Waals surface area contributed by atoms with Crippen LogP contribution in [0.2, 0.25) is 5.02 Å². The van der Waals surface area contributed by atoms with Crippen LogP contribution in [0.25, 0.3) is 0 Å². The van der Waals surface area contributed by atoms with E-state index in [9.17, 15) is 4.79 Å². The maximum atomic E-state index is 12.3. The first-order chi connectivity index (χ1) is 12.5.